The lowest BCUT2D eigenvalue weighted by molar-refractivity contribution is -0.124. The van der Waals surface area contributed by atoms with Crippen molar-refractivity contribution in [1.82, 2.24) is 5.32 Å². The smallest absolute Gasteiger partial charge is 0.258 e. The van der Waals surface area contributed by atoms with Crippen molar-refractivity contribution >= 4 is 5.91 Å². The zero-order valence-corrected chi connectivity index (χ0v) is 14.6. The lowest BCUT2D eigenvalue weighted by Gasteiger charge is -2.34. The molecule has 0 radical (unpaired) electrons. The van der Waals surface area contributed by atoms with Crippen LogP contribution in [0.15, 0.2) is 42.5 Å². The van der Waals surface area contributed by atoms with Crippen molar-refractivity contribution in [2.24, 2.45) is 0 Å². The molecule has 0 aliphatic heterocycles. The molecule has 0 unspecified atom stereocenters. The van der Waals surface area contributed by atoms with Gasteiger partial charge in [-0.3, -0.25) is 4.79 Å². The van der Waals surface area contributed by atoms with E-state index >= 15 is 0 Å². The molecule has 2 aromatic rings. The lowest BCUT2D eigenvalue weighted by Crippen LogP contribution is -2.44. The summed E-state index contributed by atoms with van der Waals surface area (Å²) in [6, 6.07) is 11.1. The molecule has 5 nitrogen and oxygen atoms in total. The van der Waals surface area contributed by atoms with Crippen molar-refractivity contribution in [1.29, 1.82) is 0 Å². The number of nitrogens with one attached hydrogen (secondary N) is 1. The first-order valence-electron chi connectivity index (χ1n) is 8.55. The minimum Gasteiger partial charge on any atom is -0.497 e. The molecule has 0 bridgehead atoms. The van der Waals surface area contributed by atoms with Crippen molar-refractivity contribution in [3.8, 4) is 11.5 Å². The van der Waals surface area contributed by atoms with Crippen LogP contribution < -0.4 is 14.8 Å². The number of ether oxygens (including phenoxy) is 2. The molecule has 1 amide bonds. The number of rotatable bonds is 6. The van der Waals surface area contributed by atoms with Gasteiger partial charge in [-0.05, 0) is 66.8 Å². The van der Waals surface area contributed by atoms with Crippen LogP contribution in [0.3, 0.4) is 0 Å². The summed E-state index contributed by atoms with van der Waals surface area (Å²) in [5.41, 5.74) is 0.755. The third kappa shape index (κ3) is 4.14. The monoisotopic (exact) mass is 359 g/mol. The van der Waals surface area contributed by atoms with Crippen molar-refractivity contribution in [3.63, 3.8) is 0 Å². The fourth-order valence-corrected chi connectivity index (χ4v) is 3.22. The molecule has 0 saturated carbocycles. The summed E-state index contributed by atoms with van der Waals surface area (Å²) in [6.07, 6.45) is 2.28. The highest BCUT2D eigenvalue weighted by atomic mass is 19.1. The second kappa shape index (κ2) is 7.74. The standard InChI is InChI=1S/C20H22FNO4/c1-25-17-8-9-18-14(11-17)3-2-10-20(18,24)13-22-19(23)12-26-16-6-4-15(21)5-7-16/h4-9,11,24H,2-3,10,12-13H2,1H3,(H,22,23)/t20-/m0/s1. The topological polar surface area (TPSA) is 67.8 Å². The van der Waals surface area contributed by atoms with Crippen LogP contribution in [0.4, 0.5) is 4.39 Å². The quantitative estimate of drug-likeness (QED) is 0.832. The Bertz CT molecular complexity index is 778. The molecule has 138 valence electrons. The molecule has 0 fully saturated rings. The summed E-state index contributed by atoms with van der Waals surface area (Å²) >= 11 is 0. The number of hydrogen-bond donors (Lipinski definition) is 2. The van der Waals surface area contributed by atoms with E-state index in [1.54, 1.807) is 7.11 Å². The number of carbonyl (C=O) groups is 1. The largest absolute Gasteiger partial charge is 0.497 e. The van der Waals surface area contributed by atoms with E-state index in [-0.39, 0.29) is 24.9 Å². The molecular weight excluding hydrogens is 337 g/mol. The van der Waals surface area contributed by atoms with Crippen molar-refractivity contribution in [2.45, 2.75) is 24.9 Å². The lowest BCUT2D eigenvalue weighted by atomic mass is 9.79. The van der Waals surface area contributed by atoms with Gasteiger partial charge in [0, 0.05) is 0 Å². The van der Waals surface area contributed by atoms with Crippen LogP contribution in [-0.4, -0.2) is 31.3 Å². The molecule has 1 aliphatic rings. The number of amides is 1. The molecule has 0 saturated heterocycles. The van der Waals surface area contributed by atoms with E-state index in [0.717, 1.165) is 29.7 Å². The normalized spacial score (nSPS) is 18.7. The van der Waals surface area contributed by atoms with Gasteiger partial charge in [0.05, 0.1) is 13.7 Å². The van der Waals surface area contributed by atoms with Gasteiger partial charge in [0.15, 0.2) is 6.61 Å². The molecule has 1 aliphatic carbocycles. The van der Waals surface area contributed by atoms with Gasteiger partial charge in [-0.25, -0.2) is 4.39 Å². The van der Waals surface area contributed by atoms with Crippen LogP contribution in [0.5, 0.6) is 11.5 Å². The Hall–Kier alpha value is -2.60. The average Bonchev–Trinajstić information content (AvgIpc) is 2.66. The van der Waals surface area contributed by atoms with E-state index in [1.807, 2.05) is 18.2 Å². The number of methoxy groups -OCH3 is 1. The van der Waals surface area contributed by atoms with E-state index in [0.29, 0.717) is 12.2 Å². The highest BCUT2D eigenvalue weighted by Gasteiger charge is 2.34. The number of hydrogen-bond acceptors (Lipinski definition) is 4. The van der Waals surface area contributed by atoms with Crippen LogP contribution in [0, 0.1) is 5.82 Å². The fourth-order valence-electron chi connectivity index (χ4n) is 3.22. The van der Waals surface area contributed by atoms with Gasteiger partial charge in [-0.2, -0.15) is 0 Å². The highest BCUT2D eigenvalue weighted by molar-refractivity contribution is 5.77. The van der Waals surface area contributed by atoms with Gasteiger partial charge in [-0.15, -0.1) is 0 Å². The van der Waals surface area contributed by atoms with Gasteiger partial charge in [0.2, 0.25) is 0 Å². The van der Waals surface area contributed by atoms with Gasteiger partial charge in [-0.1, -0.05) is 6.07 Å². The Kier molecular flexibility index (Phi) is 5.42. The van der Waals surface area contributed by atoms with Gasteiger partial charge in [0.1, 0.15) is 22.9 Å². The summed E-state index contributed by atoms with van der Waals surface area (Å²) < 4.78 is 23.4. The molecule has 2 aromatic carbocycles. The molecular formula is C20H22FNO4. The van der Waals surface area contributed by atoms with Crippen molar-refractivity contribution in [2.75, 3.05) is 20.3 Å². The summed E-state index contributed by atoms with van der Waals surface area (Å²) in [4.78, 5) is 12.0. The Morgan fingerprint density at radius 3 is 2.69 bits per heavy atom. The molecule has 1 atom stereocenters. The summed E-state index contributed by atoms with van der Waals surface area (Å²) in [7, 11) is 1.61. The highest BCUT2D eigenvalue weighted by Crippen LogP contribution is 2.36. The maximum absolute atomic E-state index is 12.9. The maximum Gasteiger partial charge on any atom is 0.258 e. The first-order valence-corrected chi connectivity index (χ1v) is 8.55. The third-order valence-electron chi connectivity index (χ3n) is 4.61. The minimum atomic E-state index is -1.11. The SMILES string of the molecule is COc1ccc2c(c1)CCC[C@]2(O)CNC(=O)COc1ccc(F)cc1. The van der Waals surface area contributed by atoms with E-state index in [4.69, 9.17) is 9.47 Å². The minimum absolute atomic E-state index is 0.109. The predicted octanol–water partition coefficient (Wildman–Crippen LogP) is 2.55. The molecule has 2 N–H and O–H groups in total. The van der Waals surface area contributed by atoms with E-state index < -0.39 is 5.60 Å². The molecule has 6 heteroatoms. The van der Waals surface area contributed by atoms with Crippen molar-refractivity contribution < 1.29 is 23.8 Å². The maximum atomic E-state index is 12.9. The van der Waals surface area contributed by atoms with Gasteiger partial charge >= 0.3 is 0 Å². The molecule has 0 heterocycles. The molecule has 3 rings (SSSR count). The number of aliphatic hydroxyl groups is 1. The number of halogens is 1. The summed E-state index contributed by atoms with van der Waals surface area (Å²) in [6.45, 7) is -0.0882. The first-order chi connectivity index (χ1) is 12.5. The van der Waals surface area contributed by atoms with Crippen LogP contribution >= 0.6 is 0 Å². The van der Waals surface area contributed by atoms with Crippen molar-refractivity contribution in [3.05, 3.63) is 59.4 Å². The number of fused-ring (bicyclic) bond motifs is 1. The van der Waals surface area contributed by atoms with E-state index in [2.05, 4.69) is 5.32 Å². The second-order valence-electron chi connectivity index (χ2n) is 6.43. The van der Waals surface area contributed by atoms with Crippen LogP contribution in [0.2, 0.25) is 0 Å². The molecule has 0 aromatic heterocycles. The average molecular weight is 359 g/mol. The summed E-state index contributed by atoms with van der Waals surface area (Å²) in [5.74, 6) is 0.458. The second-order valence-corrected chi connectivity index (χ2v) is 6.43. The van der Waals surface area contributed by atoms with Crippen LogP contribution in [0.25, 0.3) is 0 Å². The van der Waals surface area contributed by atoms with E-state index in [9.17, 15) is 14.3 Å². The van der Waals surface area contributed by atoms with E-state index in [1.165, 1.54) is 24.3 Å². The van der Waals surface area contributed by atoms with Gasteiger partial charge < -0.3 is 19.9 Å². The number of carbonyl (C=O) groups excluding carboxylic acids is 1. The Morgan fingerprint density at radius 2 is 1.96 bits per heavy atom. The number of aryl methyl sites for hydroxylation is 1. The van der Waals surface area contributed by atoms with Gasteiger partial charge in [0.25, 0.3) is 5.91 Å². The van der Waals surface area contributed by atoms with Crippen LogP contribution in [-0.2, 0) is 16.8 Å². The predicted molar refractivity (Wildman–Crippen MR) is 94.7 cm³/mol. The first kappa shape index (κ1) is 18.2. The zero-order valence-electron chi connectivity index (χ0n) is 14.6. The fraction of sp³-hybridized carbons (Fsp3) is 0.350. The summed E-state index contributed by atoms with van der Waals surface area (Å²) in [5, 5.41) is 13.7. The zero-order chi connectivity index (χ0) is 18.6. The Morgan fingerprint density at radius 1 is 1.23 bits per heavy atom. The number of benzene rings is 2. The Balaban J connectivity index is 1.59. The molecule has 26 heavy (non-hydrogen) atoms. The molecule has 0 spiro atoms. The van der Waals surface area contributed by atoms with Crippen LogP contribution in [0.1, 0.15) is 24.0 Å². The third-order valence-corrected chi connectivity index (χ3v) is 4.61. The Labute approximate surface area is 151 Å².